The number of aliphatic carboxylic acids is 1. The van der Waals surface area contributed by atoms with Crippen molar-refractivity contribution in [3.63, 3.8) is 0 Å². The van der Waals surface area contributed by atoms with Gasteiger partial charge in [-0.15, -0.1) is 0 Å². The molecule has 0 atom stereocenters. The molecule has 2 aromatic rings. The van der Waals surface area contributed by atoms with Crippen LogP contribution in [0.5, 0.6) is 5.75 Å². The minimum Gasteiger partial charge on any atom is -0.490 e. The Morgan fingerprint density at radius 2 is 1.50 bits per heavy atom. The molecule has 2 amide bonds. The first-order valence-corrected chi connectivity index (χ1v) is 10.7. The van der Waals surface area contributed by atoms with Crippen molar-refractivity contribution in [2.75, 3.05) is 13.1 Å². The van der Waals surface area contributed by atoms with E-state index in [2.05, 4.69) is 10.6 Å². The number of carboxylic acid groups (broad SMARTS) is 1. The predicted molar refractivity (Wildman–Crippen MR) is 116 cm³/mol. The van der Waals surface area contributed by atoms with Crippen LogP contribution in [0.25, 0.3) is 0 Å². The molecule has 0 aromatic heterocycles. The number of carbonyl (C=O) groups excluding carboxylic acids is 2. The SMILES string of the molecule is Cc1cc(C(=O)NCCNC(=O)c2ccc(O[C@H]3CC[C@@H](C(=O)O)CC3)cc2)ccc1F. The number of amides is 2. The normalized spacial score (nSPS) is 17.9. The molecule has 0 saturated heterocycles. The van der Waals surface area contributed by atoms with Crippen molar-refractivity contribution in [2.45, 2.75) is 38.7 Å². The van der Waals surface area contributed by atoms with Crippen molar-refractivity contribution < 1.29 is 28.6 Å². The largest absolute Gasteiger partial charge is 0.490 e. The van der Waals surface area contributed by atoms with Gasteiger partial charge in [-0.2, -0.15) is 0 Å². The molecule has 0 bridgehead atoms. The van der Waals surface area contributed by atoms with Crippen LogP contribution >= 0.6 is 0 Å². The first-order chi connectivity index (χ1) is 15.3. The number of hydrogen-bond donors (Lipinski definition) is 3. The first kappa shape index (κ1) is 23.2. The summed E-state index contributed by atoms with van der Waals surface area (Å²) in [6.07, 6.45) is 2.60. The maximum absolute atomic E-state index is 13.3. The van der Waals surface area contributed by atoms with E-state index in [9.17, 15) is 18.8 Å². The number of aryl methyl sites for hydroxylation is 1. The van der Waals surface area contributed by atoms with Gasteiger partial charge in [0.25, 0.3) is 11.8 Å². The van der Waals surface area contributed by atoms with Crippen LogP contribution < -0.4 is 15.4 Å². The number of carboxylic acids is 1. The van der Waals surface area contributed by atoms with Gasteiger partial charge < -0.3 is 20.5 Å². The third kappa shape index (κ3) is 6.29. The number of carbonyl (C=O) groups is 3. The molecule has 3 rings (SSSR count). The van der Waals surface area contributed by atoms with Crippen LogP contribution in [0.15, 0.2) is 42.5 Å². The Balaban J connectivity index is 1.39. The molecule has 170 valence electrons. The Kier molecular flexibility index (Phi) is 7.81. The smallest absolute Gasteiger partial charge is 0.306 e. The average Bonchev–Trinajstić information content (AvgIpc) is 2.79. The molecule has 1 saturated carbocycles. The standard InChI is InChI=1S/C24H27FN2O5/c1-15-14-18(6-11-21(15)25)23(29)27-13-12-26-22(28)16-2-7-19(8-3-16)32-20-9-4-17(5-10-20)24(30)31/h2-3,6-8,11,14,17,20H,4-5,9-10,12-13H2,1H3,(H,26,28)(H,27,29)(H,30,31)/t17-,20+. The van der Waals surface area contributed by atoms with Crippen LogP contribution in [-0.2, 0) is 4.79 Å². The summed E-state index contributed by atoms with van der Waals surface area (Å²) in [5, 5.41) is 14.5. The fraction of sp³-hybridized carbons (Fsp3) is 0.375. The van der Waals surface area contributed by atoms with Crippen molar-refractivity contribution >= 4 is 17.8 Å². The fourth-order valence-corrected chi connectivity index (χ4v) is 3.65. The van der Waals surface area contributed by atoms with Gasteiger partial charge in [0.15, 0.2) is 0 Å². The first-order valence-electron chi connectivity index (χ1n) is 10.7. The third-order valence-corrected chi connectivity index (χ3v) is 5.56. The molecule has 0 radical (unpaired) electrons. The van der Waals surface area contributed by atoms with E-state index in [1.807, 2.05) is 0 Å². The monoisotopic (exact) mass is 442 g/mol. The van der Waals surface area contributed by atoms with Gasteiger partial charge in [0.2, 0.25) is 0 Å². The van der Waals surface area contributed by atoms with E-state index in [0.29, 0.717) is 48.1 Å². The number of rotatable bonds is 8. The van der Waals surface area contributed by atoms with E-state index >= 15 is 0 Å². The Labute approximate surface area is 186 Å². The summed E-state index contributed by atoms with van der Waals surface area (Å²) in [4.78, 5) is 35.4. The third-order valence-electron chi connectivity index (χ3n) is 5.56. The Morgan fingerprint density at radius 3 is 2.06 bits per heavy atom. The molecular weight excluding hydrogens is 415 g/mol. The van der Waals surface area contributed by atoms with E-state index in [1.165, 1.54) is 18.2 Å². The van der Waals surface area contributed by atoms with Crippen LogP contribution in [0.3, 0.4) is 0 Å². The maximum Gasteiger partial charge on any atom is 0.306 e. The van der Waals surface area contributed by atoms with Gasteiger partial charge in [-0.25, -0.2) is 4.39 Å². The summed E-state index contributed by atoms with van der Waals surface area (Å²) >= 11 is 0. The minimum atomic E-state index is -0.746. The van der Waals surface area contributed by atoms with Crippen molar-refractivity contribution in [1.82, 2.24) is 10.6 Å². The molecule has 3 N–H and O–H groups in total. The molecule has 0 unspecified atom stereocenters. The molecule has 1 aliphatic carbocycles. The van der Waals surface area contributed by atoms with Gasteiger partial charge in [-0.05, 0) is 80.6 Å². The van der Waals surface area contributed by atoms with Gasteiger partial charge in [0, 0.05) is 24.2 Å². The Morgan fingerprint density at radius 1 is 0.938 bits per heavy atom. The van der Waals surface area contributed by atoms with Crippen LogP contribution in [-0.4, -0.2) is 42.1 Å². The highest BCUT2D eigenvalue weighted by atomic mass is 19.1. The lowest BCUT2D eigenvalue weighted by Crippen LogP contribution is -2.34. The summed E-state index contributed by atoms with van der Waals surface area (Å²) in [7, 11) is 0. The molecule has 8 heteroatoms. The molecule has 2 aromatic carbocycles. The highest BCUT2D eigenvalue weighted by molar-refractivity contribution is 5.95. The zero-order chi connectivity index (χ0) is 23.1. The molecule has 0 heterocycles. The Bertz CT molecular complexity index is 969. The molecule has 7 nitrogen and oxygen atoms in total. The van der Waals surface area contributed by atoms with Gasteiger partial charge in [0.1, 0.15) is 11.6 Å². The fourth-order valence-electron chi connectivity index (χ4n) is 3.65. The lowest BCUT2D eigenvalue weighted by molar-refractivity contribution is -0.143. The highest BCUT2D eigenvalue weighted by Crippen LogP contribution is 2.28. The number of halogens is 1. The van der Waals surface area contributed by atoms with E-state index in [-0.39, 0.29) is 42.7 Å². The van der Waals surface area contributed by atoms with E-state index in [0.717, 1.165) is 0 Å². The summed E-state index contributed by atoms with van der Waals surface area (Å²) in [6.45, 7) is 2.07. The highest BCUT2D eigenvalue weighted by Gasteiger charge is 2.26. The molecule has 1 fully saturated rings. The summed E-state index contributed by atoms with van der Waals surface area (Å²) in [5.41, 5.74) is 1.22. The van der Waals surface area contributed by atoms with Crippen LogP contribution in [0.1, 0.15) is 52.0 Å². The number of benzene rings is 2. The lowest BCUT2D eigenvalue weighted by Gasteiger charge is -2.26. The molecular formula is C24H27FN2O5. The van der Waals surface area contributed by atoms with Gasteiger partial charge in [-0.3, -0.25) is 14.4 Å². The van der Waals surface area contributed by atoms with Crippen LogP contribution in [0.4, 0.5) is 4.39 Å². The second-order valence-electron chi connectivity index (χ2n) is 7.93. The number of hydrogen-bond acceptors (Lipinski definition) is 4. The van der Waals surface area contributed by atoms with E-state index < -0.39 is 5.97 Å². The van der Waals surface area contributed by atoms with Crippen LogP contribution in [0, 0.1) is 18.7 Å². The van der Waals surface area contributed by atoms with Crippen LogP contribution in [0.2, 0.25) is 0 Å². The molecule has 0 aliphatic heterocycles. The lowest BCUT2D eigenvalue weighted by atomic mass is 9.87. The van der Waals surface area contributed by atoms with Crippen molar-refractivity contribution in [3.8, 4) is 5.75 Å². The molecule has 0 spiro atoms. The van der Waals surface area contributed by atoms with Crippen molar-refractivity contribution in [2.24, 2.45) is 5.92 Å². The number of nitrogens with one attached hydrogen (secondary N) is 2. The Hall–Kier alpha value is -3.42. The second kappa shape index (κ2) is 10.7. The maximum atomic E-state index is 13.3. The quantitative estimate of drug-likeness (QED) is 0.544. The molecule has 1 aliphatic rings. The molecule has 32 heavy (non-hydrogen) atoms. The second-order valence-corrected chi connectivity index (χ2v) is 7.93. The van der Waals surface area contributed by atoms with Gasteiger partial charge in [0.05, 0.1) is 12.0 Å². The van der Waals surface area contributed by atoms with Gasteiger partial charge >= 0.3 is 5.97 Å². The van der Waals surface area contributed by atoms with Gasteiger partial charge in [-0.1, -0.05) is 0 Å². The summed E-state index contributed by atoms with van der Waals surface area (Å²) in [5.74, 6) is -1.36. The summed E-state index contributed by atoms with van der Waals surface area (Å²) in [6, 6.07) is 10.9. The number of ether oxygens (including phenoxy) is 1. The predicted octanol–water partition coefficient (Wildman–Crippen LogP) is 3.32. The van der Waals surface area contributed by atoms with Crippen molar-refractivity contribution in [1.29, 1.82) is 0 Å². The van der Waals surface area contributed by atoms with E-state index in [4.69, 9.17) is 9.84 Å². The summed E-state index contributed by atoms with van der Waals surface area (Å²) < 4.78 is 19.2. The van der Waals surface area contributed by atoms with Crippen molar-refractivity contribution in [3.05, 3.63) is 65.0 Å². The topological polar surface area (TPSA) is 105 Å². The zero-order valence-electron chi connectivity index (χ0n) is 17.9. The zero-order valence-corrected chi connectivity index (χ0v) is 17.9. The van der Waals surface area contributed by atoms with E-state index in [1.54, 1.807) is 31.2 Å². The minimum absolute atomic E-state index is 0.0150. The average molecular weight is 442 g/mol.